The number of aliphatic hydroxyl groups is 1. The molecule has 4 aromatic rings. The number of thiol groups is 1. The Hall–Kier alpha value is -2.29. The van der Waals surface area contributed by atoms with Crippen LogP contribution in [0.3, 0.4) is 0 Å². The molecule has 44 heavy (non-hydrogen) atoms. The molecule has 236 valence electrons. The molecule has 0 aliphatic carbocycles. The van der Waals surface area contributed by atoms with Crippen LogP contribution < -0.4 is 17.0 Å². The molecule has 7 N–H and O–H groups in total. The molecule has 0 bridgehead atoms. The number of alkyl halides is 1. The summed E-state index contributed by atoms with van der Waals surface area (Å²) in [5, 5.41) is 10.1. The standard InChI is InChI=1S/C21H24FN9O8P2S3/c22-12-14(32)11(38-19(12)30-2-1-9-15(23)25-6-26-16(9)30)5-37-41(35,43)39-10-3-8(4-36-40(34)42)44-20(10)31-7-27-13-17(31)28-21(24)29-18(13)33/h1-2,6-8,10-12,14,19-20,32H,3-5H2,(H6-,23,24,25,26,28,29,33,34,35,42,43)/p+1/t8-,10+,11+,12-,14+,19+,20+,41?/m0/s1. The number of nitrogens with zero attached hydrogens (tertiary/aromatic N) is 6. The molecule has 2 fully saturated rings. The van der Waals surface area contributed by atoms with Gasteiger partial charge in [0.05, 0.1) is 24.4 Å². The van der Waals surface area contributed by atoms with Gasteiger partial charge in [-0.05, 0) is 28.9 Å². The van der Waals surface area contributed by atoms with Crippen LogP contribution in [0.2, 0.25) is 0 Å². The summed E-state index contributed by atoms with van der Waals surface area (Å²) < 4.78 is 52.0. The lowest BCUT2D eigenvalue weighted by atomic mass is 10.1. The van der Waals surface area contributed by atoms with E-state index in [9.17, 15) is 19.4 Å². The van der Waals surface area contributed by atoms with Crippen LogP contribution in [0.25, 0.3) is 22.2 Å². The van der Waals surface area contributed by atoms with Gasteiger partial charge in [0, 0.05) is 11.4 Å². The van der Waals surface area contributed by atoms with Crippen LogP contribution in [0.4, 0.5) is 16.2 Å². The molecule has 0 aromatic carbocycles. The maximum Gasteiger partial charge on any atom is 0.582 e. The van der Waals surface area contributed by atoms with Gasteiger partial charge in [-0.15, -0.1) is 16.3 Å². The van der Waals surface area contributed by atoms with E-state index in [2.05, 4.69) is 37.2 Å². The van der Waals surface area contributed by atoms with Crippen molar-refractivity contribution in [1.29, 1.82) is 0 Å². The number of anilines is 2. The number of H-pyrrole nitrogens is 1. The molecular formula is C21H25FN9O8P2S3+. The minimum Gasteiger partial charge on any atom is -0.387 e. The summed E-state index contributed by atoms with van der Waals surface area (Å²) >= 11 is 10.4. The number of nitrogens with one attached hydrogen (secondary N) is 1. The van der Waals surface area contributed by atoms with Gasteiger partial charge in [-0.2, -0.15) is 4.98 Å². The molecule has 6 rings (SSSR count). The number of imidazole rings is 1. The van der Waals surface area contributed by atoms with Crippen molar-refractivity contribution in [1.82, 2.24) is 34.1 Å². The monoisotopic (exact) mass is 708 g/mol. The number of nitrogens with two attached hydrogens (primary N) is 2. The van der Waals surface area contributed by atoms with Crippen LogP contribution in [0.1, 0.15) is 18.0 Å². The number of aliphatic hydroxyl groups excluding tert-OH is 1. The molecule has 4 aromatic heterocycles. The molecule has 2 unspecified atom stereocenters. The molecule has 23 heteroatoms. The number of thioether (sulfide) groups is 1. The van der Waals surface area contributed by atoms with E-state index in [1.165, 1.54) is 35.2 Å². The molecule has 2 aliphatic heterocycles. The van der Waals surface area contributed by atoms with Crippen molar-refractivity contribution >= 4 is 83.7 Å². The van der Waals surface area contributed by atoms with Crippen molar-refractivity contribution in [3.63, 3.8) is 0 Å². The Balaban J connectivity index is 1.17. The molecule has 0 spiro atoms. The number of ether oxygens (including phenoxy) is 1. The average molecular weight is 709 g/mol. The molecule has 9 atom stereocenters. The third-order valence-electron chi connectivity index (χ3n) is 7.02. The zero-order valence-corrected chi connectivity index (χ0v) is 26.5. The van der Waals surface area contributed by atoms with E-state index < -0.39 is 62.2 Å². The maximum absolute atomic E-state index is 15.2. The highest BCUT2D eigenvalue weighted by molar-refractivity contribution is 8.39. The minimum atomic E-state index is -4.05. The van der Waals surface area contributed by atoms with Crippen LogP contribution in [0.15, 0.2) is 29.7 Å². The van der Waals surface area contributed by atoms with E-state index in [-0.39, 0.29) is 41.2 Å². The fourth-order valence-electron chi connectivity index (χ4n) is 5.07. The Morgan fingerprint density at radius 2 is 2.09 bits per heavy atom. The first-order valence-electron chi connectivity index (χ1n) is 12.8. The summed E-state index contributed by atoms with van der Waals surface area (Å²) in [7, 11) is -2.18. The molecule has 0 amide bonds. The van der Waals surface area contributed by atoms with Crippen LogP contribution in [-0.4, -0.2) is 87.0 Å². The van der Waals surface area contributed by atoms with E-state index in [1.54, 1.807) is 10.6 Å². The summed E-state index contributed by atoms with van der Waals surface area (Å²) in [4.78, 5) is 42.1. The number of hydrogen-bond donors (Lipinski definition) is 6. The first-order valence-corrected chi connectivity index (χ1v) is 18.7. The third-order valence-corrected chi connectivity index (χ3v) is 10.8. The molecule has 0 radical (unpaired) electrons. The Bertz CT molecular complexity index is 1830. The first kappa shape index (κ1) is 31.7. The largest absolute Gasteiger partial charge is 0.582 e. The predicted molar refractivity (Wildman–Crippen MR) is 164 cm³/mol. The van der Waals surface area contributed by atoms with E-state index in [0.29, 0.717) is 11.0 Å². The van der Waals surface area contributed by atoms with Gasteiger partial charge in [0.25, 0.3) is 5.56 Å². The smallest absolute Gasteiger partial charge is 0.387 e. The van der Waals surface area contributed by atoms with Gasteiger partial charge in [-0.25, -0.2) is 19.3 Å². The van der Waals surface area contributed by atoms with Crippen molar-refractivity contribution < 1.29 is 37.3 Å². The maximum atomic E-state index is 15.2. The molecule has 2 aliphatic rings. The Morgan fingerprint density at radius 1 is 1.30 bits per heavy atom. The highest BCUT2D eigenvalue weighted by atomic mass is 32.7. The minimum absolute atomic E-state index is 0.0312. The lowest BCUT2D eigenvalue weighted by molar-refractivity contribution is -0.0448. The summed E-state index contributed by atoms with van der Waals surface area (Å²) in [6.45, 7) is -4.51. The molecule has 0 saturated carbocycles. The lowest BCUT2D eigenvalue weighted by Gasteiger charge is -2.26. The van der Waals surface area contributed by atoms with Gasteiger partial charge in [-0.1, -0.05) is 0 Å². The highest BCUT2D eigenvalue weighted by Gasteiger charge is 2.47. The van der Waals surface area contributed by atoms with Crippen molar-refractivity contribution in [2.45, 2.75) is 47.8 Å². The number of rotatable bonds is 10. The number of aromatic nitrogens is 7. The molecule has 17 nitrogen and oxygen atoms in total. The highest BCUT2D eigenvalue weighted by Crippen LogP contribution is 2.54. The van der Waals surface area contributed by atoms with Crippen LogP contribution in [-0.2, 0) is 34.7 Å². The Labute approximate surface area is 262 Å². The summed E-state index contributed by atoms with van der Waals surface area (Å²) in [6, 6.07) is 1.60. The van der Waals surface area contributed by atoms with E-state index in [0.717, 1.165) is 0 Å². The van der Waals surface area contributed by atoms with Crippen molar-refractivity contribution in [3.05, 3.63) is 35.3 Å². The van der Waals surface area contributed by atoms with Gasteiger partial charge in [0.2, 0.25) is 5.95 Å². The summed E-state index contributed by atoms with van der Waals surface area (Å²) in [5.41, 5.74) is 11.6. The summed E-state index contributed by atoms with van der Waals surface area (Å²) in [5.74, 6) is 0.0720. The number of halogens is 1. The van der Waals surface area contributed by atoms with Gasteiger partial charge in [0.15, 0.2) is 23.6 Å². The quantitative estimate of drug-likeness (QED) is 0.101. The van der Waals surface area contributed by atoms with Crippen molar-refractivity contribution in [2.75, 3.05) is 24.7 Å². The van der Waals surface area contributed by atoms with Gasteiger partial charge in [0.1, 0.15) is 54.2 Å². The molecule has 6 heterocycles. The Morgan fingerprint density at radius 3 is 2.86 bits per heavy atom. The second kappa shape index (κ2) is 12.5. The van der Waals surface area contributed by atoms with Crippen LogP contribution in [0, 0.1) is 0 Å². The zero-order chi connectivity index (χ0) is 31.3. The topological polar surface area (TPSA) is 241 Å². The fraction of sp³-hybridized carbons (Fsp3) is 0.476. The molecular weight excluding hydrogens is 683 g/mol. The van der Waals surface area contributed by atoms with Crippen LogP contribution in [0.5, 0.6) is 0 Å². The van der Waals surface area contributed by atoms with Crippen molar-refractivity contribution in [2.24, 2.45) is 0 Å². The van der Waals surface area contributed by atoms with E-state index in [4.69, 9.17) is 41.6 Å². The normalized spacial score (nSPS) is 29.0. The third kappa shape index (κ3) is 6.23. The second-order valence-corrected chi connectivity index (χ2v) is 15.7. The van der Waals surface area contributed by atoms with Gasteiger partial charge >= 0.3 is 13.9 Å². The Kier molecular flexibility index (Phi) is 8.99. The average Bonchev–Trinajstić information content (AvgIpc) is 3.73. The number of hydrogen-bond acceptors (Lipinski definition) is 15. The van der Waals surface area contributed by atoms with Gasteiger partial charge in [-0.3, -0.25) is 14.3 Å². The fourth-order valence-corrected chi connectivity index (χ4v) is 8.68. The zero-order valence-electron chi connectivity index (χ0n) is 22.2. The number of aromatic amines is 1. The number of nitrogen functional groups attached to an aromatic ring is 2. The van der Waals surface area contributed by atoms with Gasteiger partial charge < -0.3 is 39.8 Å². The first-order chi connectivity index (χ1) is 20.9. The van der Waals surface area contributed by atoms with E-state index in [1.807, 2.05) is 0 Å². The lowest BCUT2D eigenvalue weighted by Crippen LogP contribution is -2.31. The predicted octanol–water partition coefficient (Wildman–Crippen LogP) is 1.55. The van der Waals surface area contributed by atoms with Crippen molar-refractivity contribution in [3.8, 4) is 0 Å². The number of fused-ring (bicyclic) bond motifs is 2. The van der Waals surface area contributed by atoms with E-state index >= 15 is 4.39 Å². The molecule has 2 saturated heterocycles. The van der Waals surface area contributed by atoms with Crippen LogP contribution >= 0.6 is 38.0 Å². The summed E-state index contributed by atoms with van der Waals surface area (Å²) in [6.07, 6.45) is -2.47. The second-order valence-electron chi connectivity index (χ2n) is 9.82. The SMILES string of the molecule is Nc1nc2c(ncn2[C@@H]2S[C@H](CO[P+](=O)S)C[C@H]2OP(O)(=S)OC[C@H]2O[C@@H](n3ccc4c(N)ncnc43)[C@@H](F)[C@@H]2O)c(=O)[nH]1.